The van der Waals surface area contributed by atoms with E-state index < -0.39 is 6.04 Å². The zero-order valence-electron chi connectivity index (χ0n) is 20.8. The van der Waals surface area contributed by atoms with Gasteiger partial charge in [-0.2, -0.15) is 0 Å². The van der Waals surface area contributed by atoms with Crippen molar-refractivity contribution in [3.05, 3.63) is 76.5 Å². The Labute approximate surface area is 214 Å². The number of nitrogens with one attached hydrogen (secondary N) is 1. The summed E-state index contributed by atoms with van der Waals surface area (Å²) in [6, 6.07) is 18.0. The van der Waals surface area contributed by atoms with Crippen LogP contribution in [-0.4, -0.2) is 45.4 Å². The smallest absolute Gasteiger partial charge is 0.248 e. The first kappa shape index (κ1) is 25.4. The van der Waals surface area contributed by atoms with Crippen molar-refractivity contribution < 1.29 is 14.3 Å². The van der Waals surface area contributed by atoms with Crippen LogP contribution in [0.5, 0.6) is 5.75 Å². The predicted molar refractivity (Wildman–Crippen MR) is 141 cm³/mol. The fraction of sp³-hybridized carbons (Fsp3) is 0.333. The van der Waals surface area contributed by atoms with Crippen LogP contribution in [0.2, 0.25) is 0 Å². The van der Waals surface area contributed by atoms with Crippen molar-refractivity contribution in [3.63, 3.8) is 0 Å². The van der Waals surface area contributed by atoms with E-state index >= 15 is 0 Å². The maximum Gasteiger partial charge on any atom is 0.248 e. The van der Waals surface area contributed by atoms with E-state index in [2.05, 4.69) is 29.5 Å². The summed E-state index contributed by atoms with van der Waals surface area (Å²) in [5, 5.41) is 13.3. The lowest BCUT2D eigenvalue weighted by molar-refractivity contribution is -0.142. The highest BCUT2D eigenvalue weighted by Gasteiger charge is 2.33. The molecule has 9 heteroatoms. The zero-order valence-corrected chi connectivity index (χ0v) is 21.6. The Hall–Kier alpha value is -3.72. The molecule has 0 aliphatic rings. The molecule has 0 aliphatic heterocycles. The van der Waals surface area contributed by atoms with Crippen LogP contribution in [0.1, 0.15) is 36.8 Å². The number of fused-ring (bicyclic) bond motifs is 1. The number of hydrogen-bond donors (Lipinski definition) is 1. The average molecular weight is 506 g/mol. The van der Waals surface area contributed by atoms with Crippen molar-refractivity contribution in [3.8, 4) is 5.75 Å². The number of rotatable bonds is 11. The lowest BCUT2D eigenvalue weighted by atomic mass is 10.1. The fourth-order valence-electron chi connectivity index (χ4n) is 4.05. The minimum atomic E-state index is -0.788. The zero-order chi connectivity index (χ0) is 25.5. The van der Waals surface area contributed by atoms with Gasteiger partial charge in [0.1, 0.15) is 23.9 Å². The molecule has 2 aromatic heterocycles. The second-order valence-electron chi connectivity index (χ2n) is 8.96. The van der Waals surface area contributed by atoms with Crippen LogP contribution in [0.15, 0.2) is 66.0 Å². The molecule has 1 atom stereocenters. The monoisotopic (exact) mass is 505 g/mol. The van der Waals surface area contributed by atoms with E-state index in [1.54, 1.807) is 16.7 Å². The minimum Gasteiger partial charge on any atom is -0.496 e. The van der Waals surface area contributed by atoms with E-state index in [1.807, 2.05) is 66.0 Å². The largest absolute Gasteiger partial charge is 0.496 e. The third-order valence-corrected chi connectivity index (χ3v) is 6.88. The summed E-state index contributed by atoms with van der Waals surface area (Å²) in [4.78, 5) is 29.9. The second kappa shape index (κ2) is 11.8. The fourth-order valence-corrected chi connectivity index (χ4v) is 4.88. The Morgan fingerprint density at radius 1 is 1.08 bits per heavy atom. The molecule has 0 saturated heterocycles. The lowest BCUT2D eigenvalue weighted by Crippen LogP contribution is -2.44. The molecule has 2 aromatic carbocycles. The Morgan fingerprint density at radius 3 is 2.61 bits per heavy atom. The molecule has 2 amide bonds. The number of ether oxygens (including phenoxy) is 1. The molecular formula is C27H31N5O3S. The van der Waals surface area contributed by atoms with Crippen molar-refractivity contribution in [1.82, 2.24) is 25.2 Å². The molecule has 4 rings (SSSR count). The van der Waals surface area contributed by atoms with Gasteiger partial charge in [0.25, 0.3) is 0 Å². The van der Waals surface area contributed by atoms with Crippen LogP contribution < -0.4 is 10.1 Å². The summed E-state index contributed by atoms with van der Waals surface area (Å²) in [6.07, 6.45) is 0.855. The molecule has 4 aromatic rings. The van der Waals surface area contributed by atoms with Gasteiger partial charge in [-0.05, 0) is 42.0 Å². The van der Waals surface area contributed by atoms with Gasteiger partial charge in [0, 0.05) is 17.0 Å². The van der Waals surface area contributed by atoms with Crippen molar-refractivity contribution in [2.75, 3.05) is 13.7 Å². The normalized spacial score (nSPS) is 12.0. The van der Waals surface area contributed by atoms with Crippen molar-refractivity contribution in [1.29, 1.82) is 0 Å². The highest BCUT2D eigenvalue weighted by Crippen LogP contribution is 2.30. The van der Waals surface area contributed by atoms with Crippen LogP contribution in [0.4, 0.5) is 0 Å². The van der Waals surface area contributed by atoms with Crippen LogP contribution >= 0.6 is 11.3 Å². The highest BCUT2D eigenvalue weighted by molar-refractivity contribution is 7.10. The summed E-state index contributed by atoms with van der Waals surface area (Å²) < 4.78 is 7.13. The van der Waals surface area contributed by atoms with E-state index in [-0.39, 0.29) is 24.9 Å². The quantitative estimate of drug-likeness (QED) is 0.326. The van der Waals surface area contributed by atoms with E-state index in [4.69, 9.17) is 4.74 Å². The number of para-hydroxylation sites is 2. The molecule has 36 heavy (non-hydrogen) atoms. The summed E-state index contributed by atoms with van der Waals surface area (Å²) >= 11 is 1.46. The Morgan fingerprint density at radius 2 is 1.86 bits per heavy atom. The van der Waals surface area contributed by atoms with Crippen molar-refractivity contribution >= 4 is 34.2 Å². The number of benzene rings is 2. The Bertz CT molecular complexity index is 1300. The van der Waals surface area contributed by atoms with Gasteiger partial charge in [0.15, 0.2) is 0 Å². The summed E-state index contributed by atoms with van der Waals surface area (Å²) in [7, 11) is 1.60. The third-order valence-electron chi connectivity index (χ3n) is 5.95. The van der Waals surface area contributed by atoms with E-state index in [0.29, 0.717) is 23.7 Å². The molecule has 1 N–H and O–H groups in total. The van der Waals surface area contributed by atoms with Gasteiger partial charge in [-0.3, -0.25) is 9.59 Å². The number of carbonyl (C=O) groups is 2. The summed E-state index contributed by atoms with van der Waals surface area (Å²) in [5.41, 5.74) is 2.29. The molecule has 0 unspecified atom stereocenters. The molecular weight excluding hydrogens is 474 g/mol. The first-order chi connectivity index (χ1) is 17.5. The Balaban J connectivity index is 1.70. The van der Waals surface area contributed by atoms with E-state index in [9.17, 15) is 9.59 Å². The van der Waals surface area contributed by atoms with Gasteiger partial charge in [-0.1, -0.05) is 55.5 Å². The molecule has 0 aliphatic carbocycles. The Kier molecular flexibility index (Phi) is 8.32. The number of carbonyl (C=O) groups excluding carboxylic acids is 2. The van der Waals surface area contributed by atoms with Crippen LogP contribution in [0, 0.1) is 5.92 Å². The molecule has 8 nitrogen and oxygen atoms in total. The molecule has 0 fully saturated rings. The van der Waals surface area contributed by atoms with Gasteiger partial charge in [0.2, 0.25) is 11.8 Å². The lowest BCUT2D eigenvalue weighted by Gasteiger charge is -2.31. The maximum absolute atomic E-state index is 13.9. The molecule has 2 heterocycles. The van der Waals surface area contributed by atoms with Crippen molar-refractivity contribution in [2.24, 2.45) is 5.92 Å². The van der Waals surface area contributed by atoms with E-state index in [1.165, 1.54) is 11.3 Å². The predicted octanol–water partition coefficient (Wildman–Crippen LogP) is 4.43. The van der Waals surface area contributed by atoms with Gasteiger partial charge in [-0.25, -0.2) is 4.68 Å². The van der Waals surface area contributed by atoms with Crippen LogP contribution in [-0.2, 0) is 22.7 Å². The first-order valence-corrected chi connectivity index (χ1v) is 12.9. The molecule has 0 radical (unpaired) electrons. The van der Waals surface area contributed by atoms with Gasteiger partial charge < -0.3 is 15.0 Å². The maximum atomic E-state index is 13.9. The molecule has 188 valence electrons. The third kappa shape index (κ3) is 5.91. The average Bonchev–Trinajstić information content (AvgIpc) is 3.54. The van der Waals surface area contributed by atoms with Gasteiger partial charge in [-0.15, -0.1) is 16.4 Å². The molecule has 0 saturated carbocycles. The molecule has 0 bridgehead atoms. The number of aromatic nitrogens is 3. The van der Waals surface area contributed by atoms with Gasteiger partial charge in [0.05, 0.1) is 19.2 Å². The second-order valence-corrected chi connectivity index (χ2v) is 9.94. The van der Waals surface area contributed by atoms with Gasteiger partial charge >= 0.3 is 0 Å². The number of methoxy groups -OCH3 is 1. The standard InChI is InChI=1S/C27H31N5O3S/c1-19(2)14-15-28-27(34)26(24-13-8-16-36-24)31(17-20-9-4-7-12-23(20)35-3)25(33)18-32-22-11-6-5-10-21(22)29-30-32/h4-13,16,19,26H,14-15,17-18H2,1-3H3,(H,28,34)/t26-/m0/s1. The minimum absolute atomic E-state index is 0.0448. The first-order valence-electron chi connectivity index (χ1n) is 12.0. The SMILES string of the molecule is COc1ccccc1CN(C(=O)Cn1nnc2ccccc21)[C@H](C(=O)NCCC(C)C)c1cccs1. The topological polar surface area (TPSA) is 89.3 Å². The van der Waals surface area contributed by atoms with E-state index in [0.717, 1.165) is 22.4 Å². The van der Waals surface area contributed by atoms with Crippen molar-refractivity contribution in [2.45, 2.75) is 39.4 Å². The highest BCUT2D eigenvalue weighted by atomic mass is 32.1. The summed E-state index contributed by atoms with van der Waals surface area (Å²) in [5.74, 6) is 0.669. The number of thiophene rings is 1. The summed E-state index contributed by atoms with van der Waals surface area (Å²) in [6.45, 7) is 4.93. The van der Waals surface area contributed by atoms with Crippen LogP contribution in [0.3, 0.4) is 0 Å². The molecule has 0 spiro atoms. The number of hydrogen-bond acceptors (Lipinski definition) is 6. The van der Waals surface area contributed by atoms with Crippen LogP contribution in [0.25, 0.3) is 11.0 Å². The number of amides is 2. The number of nitrogens with zero attached hydrogens (tertiary/aromatic N) is 4.